The van der Waals surface area contributed by atoms with Gasteiger partial charge in [-0.05, 0) is 38.8 Å². The minimum Gasteiger partial charge on any atom is -0.491 e. The van der Waals surface area contributed by atoms with Crippen molar-refractivity contribution in [3.05, 3.63) is 23.8 Å². The van der Waals surface area contributed by atoms with Crippen LogP contribution in [0.1, 0.15) is 37.0 Å². The number of rotatable bonds is 4. The van der Waals surface area contributed by atoms with Crippen LogP contribution >= 0.6 is 0 Å². The van der Waals surface area contributed by atoms with Crippen molar-refractivity contribution in [1.82, 2.24) is 0 Å². The average molecular weight is 327 g/mol. The van der Waals surface area contributed by atoms with Crippen molar-refractivity contribution in [2.24, 2.45) is 0 Å². The monoisotopic (exact) mass is 327 g/mol. The molecule has 0 aromatic heterocycles. The van der Waals surface area contributed by atoms with E-state index in [1.807, 2.05) is 13.8 Å². The van der Waals surface area contributed by atoms with Crippen molar-refractivity contribution in [2.45, 2.75) is 32.8 Å². The molecule has 7 heteroatoms. The van der Waals surface area contributed by atoms with Crippen LogP contribution in [0.2, 0.25) is 0 Å². The van der Waals surface area contributed by atoms with Crippen LogP contribution in [-0.4, -0.2) is 39.9 Å². The fourth-order valence-electron chi connectivity index (χ4n) is 2.38. The highest BCUT2D eigenvalue weighted by molar-refractivity contribution is 7.92. The van der Waals surface area contributed by atoms with E-state index in [4.69, 9.17) is 9.47 Å². The average Bonchev–Trinajstić information content (AvgIpc) is 2.44. The molecule has 1 aliphatic heterocycles. The van der Waals surface area contributed by atoms with Gasteiger partial charge in [-0.1, -0.05) is 0 Å². The Morgan fingerprint density at radius 3 is 2.55 bits per heavy atom. The lowest BCUT2D eigenvalue weighted by Crippen LogP contribution is -2.38. The Labute approximate surface area is 131 Å². The molecule has 0 radical (unpaired) electrons. The number of carbonyl (C=O) groups excluding carboxylic acids is 1. The van der Waals surface area contributed by atoms with Gasteiger partial charge in [0.15, 0.2) is 0 Å². The molecule has 0 bridgehead atoms. The molecule has 2 rings (SSSR count). The summed E-state index contributed by atoms with van der Waals surface area (Å²) in [5.41, 5.74) is 0.717. The topological polar surface area (TPSA) is 72.9 Å². The summed E-state index contributed by atoms with van der Waals surface area (Å²) in [5.74, 6) is 0.0501. The minimum atomic E-state index is -3.35. The van der Waals surface area contributed by atoms with Crippen LogP contribution in [0.3, 0.4) is 0 Å². The number of nitrogens with zero attached hydrogens (tertiary/aromatic N) is 1. The highest BCUT2D eigenvalue weighted by atomic mass is 32.2. The summed E-state index contributed by atoms with van der Waals surface area (Å²) in [6.45, 7) is 4.14. The number of anilines is 1. The molecule has 0 unspecified atom stereocenters. The second-order valence-electron chi connectivity index (χ2n) is 5.47. The molecular formula is C15H21NO5S. The maximum absolute atomic E-state index is 12.2. The molecule has 0 spiro atoms. The molecule has 0 N–H and O–H groups in total. The van der Waals surface area contributed by atoms with Gasteiger partial charge in [-0.2, -0.15) is 0 Å². The van der Waals surface area contributed by atoms with Crippen LogP contribution in [0.15, 0.2) is 18.2 Å². The Bertz CT molecular complexity index is 654. The molecule has 1 aromatic carbocycles. The van der Waals surface area contributed by atoms with Crippen LogP contribution in [-0.2, 0) is 14.8 Å². The van der Waals surface area contributed by atoms with E-state index in [-0.39, 0.29) is 17.4 Å². The van der Waals surface area contributed by atoms with Gasteiger partial charge in [0.05, 0.1) is 30.2 Å². The third-order valence-corrected chi connectivity index (χ3v) is 5.19. The first-order valence-electron chi connectivity index (χ1n) is 7.24. The molecule has 122 valence electrons. The van der Waals surface area contributed by atoms with Crippen LogP contribution in [0.4, 0.5) is 5.69 Å². The van der Waals surface area contributed by atoms with Crippen LogP contribution < -0.4 is 9.04 Å². The molecule has 0 aliphatic carbocycles. The number of sulfonamides is 1. The minimum absolute atomic E-state index is 0.0845. The van der Waals surface area contributed by atoms with Gasteiger partial charge in [0, 0.05) is 12.6 Å². The second kappa shape index (κ2) is 6.56. The summed E-state index contributed by atoms with van der Waals surface area (Å²) < 4.78 is 36.2. The number of methoxy groups -OCH3 is 1. The van der Waals surface area contributed by atoms with E-state index in [2.05, 4.69) is 0 Å². The van der Waals surface area contributed by atoms with Crippen molar-refractivity contribution in [3.63, 3.8) is 0 Å². The van der Waals surface area contributed by atoms with Gasteiger partial charge in [0.25, 0.3) is 0 Å². The van der Waals surface area contributed by atoms with Crippen molar-refractivity contribution in [2.75, 3.05) is 23.7 Å². The van der Waals surface area contributed by atoms with Crippen molar-refractivity contribution >= 4 is 21.7 Å². The molecule has 6 nitrogen and oxygen atoms in total. The maximum Gasteiger partial charge on any atom is 0.338 e. The first kappa shape index (κ1) is 16.6. The predicted octanol–water partition coefficient (Wildman–Crippen LogP) is 2.19. The van der Waals surface area contributed by atoms with Crippen LogP contribution in [0.5, 0.6) is 5.75 Å². The summed E-state index contributed by atoms with van der Waals surface area (Å²) in [5, 5.41) is 0. The summed E-state index contributed by atoms with van der Waals surface area (Å²) in [6.07, 6.45) is 1.37. The zero-order valence-electron chi connectivity index (χ0n) is 13.0. The van der Waals surface area contributed by atoms with Gasteiger partial charge in [-0.25, -0.2) is 13.2 Å². The number of esters is 1. The number of hydrogen-bond donors (Lipinski definition) is 0. The molecular weight excluding hydrogens is 306 g/mol. The quantitative estimate of drug-likeness (QED) is 0.793. The lowest BCUT2D eigenvalue weighted by Gasteiger charge is -2.29. The lowest BCUT2D eigenvalue weighted by molar-refractivity contribution is 0.0600. The number of hydrogen-bond acceptors (Lipinski definition) is 5. The number of benzene rings is 1. The molecule has 1 fully saturated rings. The summed E-state index contributed by atoms with van der Waals surface area (Å²) >= 11 is 0. The first-order valence-corrected chi connectivity index (χ1v) is 8.85. The largest absolute Gasteiger partial charge is 0.491 e. The predicted molar refractivity (Wildman–Crippen MR) is 83.9 cm³/mol. The van der Waals surface area contributed by atoms with Crippen molar-refractivity contribution in [3.8, 4) is 5.75 Å². The Morgan fingerprint density at radius 1 is 1.23 bits per heavy atom. The fraction of sp³-hybridized carbons (Fsp3) is 0.533. The van der Waals surface area contributed by atoms with E-state index in [1.165, 1.54) is 17.5 Å². The van der Waals surface area contributed by atoms with Gasteiger partial charge in [0.1, 0.15) is 5.75 Å². The van der Waals surface area contributed by atoms with Gasteiger partial charge in [-0.3, -0.25) is 4.31 Å². The Hall–Kier alpha value is -1.76. The van der Waals surface area contributed by atoms with Crippen LogP contribution in [0.25, 0.3) is 0 Å². The molecule has 1 aliphatic rings. The normalized spacial score (nSPS) is 17.4. The highest BCUT2D eigenvalue weighted by Gasteiger charge is 2.27. The highest BCUT2D eigenvalue weighted by Crippen LogP contribution is 2.29. The smallest absolute Gasteiger partial charge is 0.338 e. The van der Waals surface area contributed by atoms with E-state index in [9.17, 15) is 13.2 Å². The molecule has 0 amide bonds. The Morgan fingerprint density at radius 2 is 1.95 bits per heavy atom. The van der Waals surface area contributed by atoms with E-state index >= 15 is 0 Å². The van der Waals surface area contributed by atoms with Gasteiger partial charge >= 0.3 is 5.97 Å². The molecule has 22 heavy (non-hydrogen) atoms. The molecule has 1 aromatic rings. The SMILES string of the molecule is COC(=O)c1cc(OC(C)C)cc(N2CCCCS2(=O)=O)c1. The zero-order valence-corrected chi connectivity index (χ0v) is 13.9. The fourth-order valence-corrected chi connectivity index (χ4v) is 4.01. The van der Waals surface area contributed by atoms with E-state index in [0.717, 1.165) is 6.42 Å². The van der Waals surface area contributed by atoms with Gasteiger partial charge in [0.2, 0.25) is 10.0 Å². The maximum atomic E-state index is 12.2. The van der Waals surface area contributed by atoms with Crippen LogP contribution in [0, 0.1) is 0 Å². The summed E-state index contributed by atoms with van der Waals surface area (Å²) in [4.78, 5) is 11.8. The number of ether oxygens (including phenoxy) is 2. The Balaban J connectivity index is 2.47. The van der Waals surface area contributed by atoms with E-state index in [0.29, 0.717) is 24.4 Å². The standard InChI is InChI=1S/C15H21NO5S/c1-11(2)21-14-9-12(15(17)20-3)8-13(10-14)16-6-4-5-7-22(16,18)19/h8-11H,4-7H2,1-3H3. The second-order valence-corrected chi connectivity index (χ2v) is 7.48. The van der Waals surface area contributed by atoms with Crippen molar-refractivity contribution < 1.29 is 22.7 Å². The first-order chi connectivity index (χ1) is 10.3. The Kier molecular flexibility index (Phi) is 4.95. The number of carbonyl (C=O) groups is 1. The van der Waals surface area contributed by atoms with E-state index < -0.39 is 16.0 Å². The van der Waals surface area contributed by atoms with Gasteiger partial charge < -0.3 is 9.47 Å². The molecule has 0 saturated carbocycles. The van der Waals surface area contributed by atoms with Crippen molar-refractivity contribution in [1.29, 1.82) is 0 Å². The zero-order chi connectivity index (χ0) is 16.3. The summed E-state index contributed by atoms with van der Waals surface area (Å²) in [7, 11) is -2.06. The van der Waals surface area contributed by atoms with E-state index in [1.54, 1.807) is 12.1 Å². The lowest BCUT2D eigenvalue weighted by atomic mass is 10.1. The molecule has 0 atom stereocenters. The van der Waals surface area contributed by atoms with Gasteiger partial charge in [-0.15, -0.1) is 0 Å². The molecule has 1 saturated heterocycles. The third-order valence-electron chi connectivity index (χ3n) is 3.32. The third kappa shape index (κ3) is 3.71. The summed E-state index contributed by atoms with van der Waals surface area (Å²) in [6, 6.07) is 4.74. The molecule has 1 heterocycles.